The van der Waals surface area contributed by atoms with Crippen LogP contribution in [0.3, 0.4) is 0 Å². The molecule has 9 heteroatoms. The predicted molar refractivity (Wildman–Crippen MR) is 118 cm³/mol. The number of methoxy groups -OCH3 is 2. The van der Waals surface area contributed by atoms with E-state index in [0.29, 0.717) is 24.5 Å². The first-order chi connectivity index (χ1) is 15.2. The molecule has 2 heterocycles. The average Bonchev–Trinajstić information content (AvgIpc) is 3.02. The highest BCUT2D eigenvalue weighted by Crippen LogP contribution is 2.28. The van der Waals surface area contributed by atoms with Crippen LogP contribution in [-0.4, -0.2) is 67.8 Å². The van der Waals surface area contributed by atoms with Crippen LogP contribution in [0.5, 0.6) is 11.5 Å². The molecule has 0 unspecified atom stereocenters. The lowest BCUT2D eigenvalue weighted by molar-refractivity contribution is -0.128. The lowest BCUT2D eigenvalue weighted by Gasteiger charge is -2.35. The molecular formula is C23H33N3O6. The molecule has 0 aliphatic carbocycles. The summed E-state index contributed by atoms with van der Waals surface area (Å²) in [7, 11) is 3.12. The minimum absolute atomic E-state index is 0.0677. The molecule has 0 spiro atoms. The van der Waals surface area contributed by atoms with E-state index in [9.17, 15) is 14.4 Å². The Bertz CT molecular complexity index is 856. The van der Waals surface area contributed by atoms with Gasteiger partial charge in [0.25, 0.3) is 5.91 Å². The van der Waals surface area contributed by atoms with E-state index in [-0.39, 0.29) is 42.8 Å². The molecular weight excluding hydrogens is 414 g/mol. The Hall–Kier alpha value is -2.81. The van der Waals surface area contributed by atoms with Gasteiger partial charge >= 0.3 is 6.03 Å². The van der Waals surface area contributed by atoms with E-state index >= 15 is 0 Å². The number of benzene rings is 1. The minimum Gasteiger partial charge on any atom is -0.493 e. The maximum absolute atomic E-state index is 12.7. The van der Waals surface area contributed by atoms with Gasteiger partial charge in [0.1, 0.15) is 6.04 Å². The van der Waals surface area contributed by atoms with Crippen LogP contribution in [-0.2, 0) is 20.7 Å². The fraction of sp³-hybridized carbons (Fsp3) is 0.609. The maximum Gasteiger partial charge on any atom is 0.324 e. The number of rotatable bonds is 9. The van der Waals surface area contributed by atoms with Crippen molar-refractivity contribution in [3.8, 4) is 11.5 Å². The SMILES string of the molecule is COc1ccc(CCN2C(=O)N[C@@H](CCC(=O)N[C@@H]3CCOC(C)(C)C3)C2=O)cc1OC. The van der Waals surface area contributed by atoms with E-state index in [1.54, 1.807) is 20.3 Å². The standard InChI is InChI=1S/C23H33N3O6/c1-23(2)14-16(10-12-32-23)24-20(27)8-6-17-21(28)26(22(29)25-17)11-9-15-5-7-18(30-3)19(13-15)31-4/h5,7,13,16-17H,6,8-12,14H2,1-4H3,(H,24,27)(H,25,29)/t16-,17+/m1/s1. The molecule has 2 aliphatic rings. The Morgan fingerprint density at radius 1 is 1.25 bits per heavy atom. The second-order valence-electron chi connectivity index (χ2n) is 8.84. The van der Waals surface area contributed by atoms with Gasteiger partial charge < -0.3 is 24.8 Å². The summed E-state index contributed by atoms with van der Waals surface area (Å²) in [5.74, 6) is 0.807. The number of hydrogen-bond acceptors (Lipinski definition) is 6. The second kappa shape index (κ2) is 10.2. The van der Waals surface area contributed by atoms with Crippen molar-refractivity contribution in [3.05, 3.63) is 23.8 Å². The largest absolute Gasteiger partial charge is 0.493 e. The molecule has 0 bridgehead atoms. The number of carbonyl (C=O) groups excluding carboxylic acids is 3. The minimum atomic E-state index is -0.676. The highest BCUT2D eigenvalue weighted by Gasteiger charge is 2.38. The molecule has 9 nitrogen and oxygen atoms in total. The van der Waals surface area contributed by atoms with Crippen molar-refractivity contribution in [2.45, 2.75) is 63.6 Å². The summed E-state index contributed by atoms with van der Waals surface area (Å²) in [6.07, 6.45) is 2.47. The Kier molecular flexibility index (Phi) is 7.60. The lowest BCUT2D eigenvalue weighted by atomic mass is 9.94. The van der Waals surface area contributed by atoms with Crippen LogP contribution in [0, 0.1) is 0 Å². The van der Waals surface area contributed by atoms with Crippen molar-refractivity contribution in [3.63, 3.8) is 0 Å². The third-order valence-corrected chi connectivity index (χ3v) is 5.90. The molecule has 3 rings (SSSR count). The summed E-state index contributed by atoms with van der Waals surface area (Å²) in [6, 6.07) is 4.46. The van der Waals surface area contributed by atoms with Crippen molar-refractivity contribution < 1.29 is 28.6 Å². The first-order valence-electron chi connectivity index (χ1n) is 11.0. The topological polar surface area (TPSA) is 106 Å². The van der Waals surface area contributed by atoms with E-state index in [0.717, 1.165) is 18.4 Å². The fourth-order valence-corrected chi connectivity index (χ4v) is 4.19. The number of imide groups is 1. The molecule has 0 saturated carbocycles. The molecule has 2 aliphatic heterocycles. The molecule has 0 radical (unpaired) electrons. The normalized spacial score (nSPS) is 22.4. The van der Waals surface area contributed by atoms with Crippen LogP contribution in [0.25, 0.3) is 0 Å². The van der Waals surface area contributed by atoms with Crippen LogP contribution in [0.2, 0.25) is 0 Å². The number of carbonyl (C=O) groups is 3. The molecule has 0 aromatic heterocycles. The quantitative estimate of drug-likeness (QED) is 0.561. The van der Waals surface area contributed by atoms with Gasteiger partial charge in [0.05, 0.1) is 19.8 Å². The number of urea groups is 1. The number of nitrogens with zero attached hydrogens (tertiary/aromatic N) is 1. The molecule has 2 saturated heterocycles. The van der Waals surface area contributed by atoms with Crippen molar-refractivity contribution >= 4 is 17.8 Å². The zero-order valence-corrected chi connectivity index (χ0v) is 19.2. The van der Waals surface area contributed by atoms with Crippen LogP contribution in [0.15, 0.2) is 18.2 Å². The average molecular weight is 448 g/mol. The van der Waals surface area contributed by atoms with E-state index in [1.807, 2.05) is 26.0 Å². The van der Waals surface area contributed by atoms with Crippen molar-refractivity contribution in [1.29, 1.82) is 0 Å². The second-order valence-corrected chi connectivity index (χ2v) is 8.84. The summed E-state index contributed by atoms with van der Waals surface area (Å²) < 4.78 is 16.2. The lowest BCUT2D eigenvalue weighted by Crippen LogP contribution is -2.46. The van der Waals surface area contributed by atoms with Gasteiger partial charge in [-0.1, -0.05) is 6.07 Å². The first-order valence-corrected chi connectivity index (χ1v) is 11.0. The number of ether oxygens (including phenoxy) is 3. The Labute approximate surface area is 188 Å². The summed E-state index contributed by atoms with van der Waals surface area (Å²) >= 11 is 0. The van der Waals surface area contributed by atoms with Crippen LogP contribution >= 0.6 is 0 Å². The molecule has 2 N–H and O–H groups in total. The van der Waals surface area contributed by atoms with Crippen molar-refractivity contribution in [2.24, 2.45) is 0 Å². The third kappa shape index (κ3) is 5.91. The van der Waals surface area contributed by atoms with Gasteiger partial charge in [0.2, 0.25) is 5.91 Å². The molecule has 4 amide bonds. The highest BCUT2D eigenvalue weighted by molar-refractivity contribution is 6.04. The van der Waals surface area contributed by atoms with E-state index in [1.165, 1.54) is 4.90 Å². The molecule has 32 heavy (non-hydrogen) atoms. The third-order valence-electron chi connectivity index (χ3n) is 5.90. The Balaban J connectivity index is 1.47. The summed E-state index contributed by atoms with van der Waals surface area (Å²) in [5.41, 5.74) is 0.672. The number of hydrogen-bond donors (Lipinski definition) is 2. The van der Waals surface area contributed by atoms with Gasteiger partial charge in [-0.25, -0.2) is 4.79 Å². The van der Waals surface area contributed by atoms with Gasteiger partial charge in [-0.2, -0.15) is 0 Å². The number of amides is 4. The zero-order chi connectivity index (χ0) is 23.3. The number of nitrogens with one attached hydrogen (secondary N) is 2. The Morgan fingerprint density at radius 3 is 2.69 bits per heavy atom. The van der Waals surface area contributed by atoms with E-state index in [2.05, 4.69) is 10.6 Å². The summed E-state index contributed by atoms with van der Waals surface area (Å²) in [6.45, 7) is 4.88. The fourth-order valence-electron chi connectivity index (χ4n) is 4.19. The van der Waals surface area contributed by atoms with Gasteiger partial charge in [-0.15, -0.1) is 0 Å². The van der Waals surface area contributed by atoms with Gasteiger partial charge in [-0.05, 0) is 57.2 Å². The van der Waals surface area contributed by atoms with E-state index in [4.69, 9.17) is 14.2 Å². The molecule has 1 aromatic rings. The van der Waals surface area contributed by atoms with Crippen molar-refractivity contribution in [2.75, 3.05) is 27.4 Å². The van der Waals surface area contributed by atoms with Crippen LogP contribution in [0.1, 0.15) is 45.1 Å². The monoisotopic (exact) mass is 447 g/mol. The summed E-state index contributed by atoms with van der Waals surface area (Å²) in [4.78, 5) is 38.6. The maximum atomic E-state index is 12.7. The smallest absolute Gasteiger partial charge is 0.324 e. The highest BCUT2D eigenvalue weighted by atomic mass is 16.5. The van der Waals surface area contributed by atoms with Crippen molar-refractivity contribution in [1.82, 2.24) is 15.5 Å². The first kappa shape index (κ1) is 23.8. The summed E-state index contributed by atoms with van der Waals surface area (Å²) in [5, 5.41) is 5.72. The predicted octanol–water partition coefficient (Wildman–Crippen LogP) is 2.02. The van der Waals surface area contributed by atoms with Gasteiger partial charge in [0.15, 0.2) is 11.5 Å². The Morgan fingerprint density at radius 2 is 2.00 bits per heavy atom. The van der Waals surface area contributed by atoms with Gasteiger partial charge in [0, 0.05) is 25.6 Å². The molecule has 1 aromatic carbocycles. The zero-order valence-electron chi connectivity index (χ0n) is 19.2. The van der Waals surface area contributed by atoms with Crippen LogP contribution < -0.4 is 20.1 Å². The van der Waals surface area contributed by atoms with Crippen LogP contribution in [0.4, 0.5) is 4.79 Å². The van der Waals surface area contributed by atoms with Gasteiger partial charge in [-0.3, -0.25) is 14.5 Å². The molecule has 2 atom stereocenters. The molecule has 2 fully saturated rings. The van der Waals surface area contributed by atoms with E-state index < -0.39 is 12.1 Å². The molecule has 176 valence electrons.